The molecule has 2 aromatic carbocycles. The summed E-state index contributed by atoms with van der Waals surface area (Å²) in [7, 11) is 0. The number of carbonyl (C=O) groups is 1. The molecule has 3 aromatic rings. The third-order valence-corrected chi connectivity index (χ3v) is 5.42. The summed E-state index contributed by atoms with van der Waals surface area (Å²) in [4.78, 5) is 17.3. The molecule has 0 bridgehead atoms. The lowest BCUT2D eigenvalue weighted by Gasteiger charge is -2.27. The van der Waals surface area contributed by atoms with E-state index < -0.39 is 6.09 Å². The van der Waals surface area contributed by atoms with E-state index in [9.17, 15) is 13.6 Å². The molecular weight excluding hydrogens is 402 g/mol. The quantitative estimate of drug-likeness (QED) is 0.655. The maximum absolute atomic E-state index is 13.5. The third kappa shape index (κ3) is 4.44. The molecule has 0 fully saturated rings. The number of amides is 1. The lowest BCUT2D eigenvalue weighted by Crippen LogP contribution is -2.37. The average molecular weight is 426 g/mol. The van der Waals surface area contributed by atoms with Crippen LogP contribution in [0.25, 0.3) is 11.3 Å². The smallest absolute Gasteiger partial charge is 0.351 e. The number of nitrogens with one attached hydrogen (secondary N) is 1. The van der Waals surface area contributed by atoms with Crippen LogP contribution in [0, 0.1) is 11.6 Å². The number of hydroxylamine groups is 2. The first kappa shape index (κ1) is 21.0. The van der Waals surface area contributed by atoms with Crippen LogP contribution in [0.1, 0.15) is 36.7 Å². The first-order valence-corrected chi connectivity index (χ1v) is 10.3. The van der Waals surface area contributed by atoms with Crippen molar-refractivity contribution in [3.05, 3.63) is 77.0 Å². The molecule has 1 atom stereocenters. The monoisotopic (exact) mass is 426 g/mol. The summed E-state index contributed by atoms with van der Waals surface area (Å²) in [6, 6.07) is 12.4. The summed E-state index contributed by atoms with van der Waals surface area (Å²) in [5, 5.41) is 9.09. The number of hydrogen-bond donors (Lipinski definition) is 1. The largest absolute Gasteiger partial charge is 0.426 e. The van der Waals surface area contributed by atoms with Gasteiger partial charge in [-0.25, -0.2) is 13.6 Å². The van der Waals surface area contributed by atoms with Crippen molar-refractivity contribution in [2.45, 2.75) is 32.9 Å². The fraction of sp³-hybridized carbons (Fsp3) is 0.304. The second kappa shape index (κ2) is 8.85. The van der Waals surface area contributed by atoms with Gasteiger partial charge < -0.3 is 10.2 Å². The van der Waals surface area contributed by atoms with Crippen LogP contribution in [0.3, 0.4) is 0 Å². The number of hydrogen-bond acceptors (Lipinski definition) is 4. The molecule has 8 heteroatoms. The van der Waals surface area contributed by atoms with E-state index in [0.29, 0.717) is 31.7 Å². The lowest BCUT2D eigenvalue weighted by molar-refractivity contribution is -0.111. The van der Waals surface area contributed by atoms with Gasteiger partial charge in [-0.1, -0.05) is 12.1 Å². The van der Waals surface area contributed by atoms with Gasteiger partial charge in [0.2, 0.25) is 0 Å². The zero-order chi connectivity index (χ0) is 22.0. The first-order chi connectivity index (χ1) is 15.0. The zero-order valence-corrected chi connectivity index (χ0v) is 17.4. The van der Waals surface area contributed by atoms with Crippen molar-refractivity contribution in [1.29, 1.82) is 0 Å². The van der Waals surface area contributed by atoms with Gasteiger partial charge in [0.15, 0.2) is 0 Å². The van der Waals surface area contributed by atoms with Crippen LogP contribution in [0.15, 0.2) is 48.5 Å². The fourth-order valence-corrected chi connectivity index (χ4v) is 3.84. The number of carbonyl (C=O) groups excluding carboxylic acids is 1. The number of aromatic nitrogens is 2. The molecule has 1 N–H and O–H groups in total. The van der Waals surface area contributed by atoms with Crippen LogP contribution >= 0.6 is 0 Å². The molecule has 1 amide bonds. The van der Waals surface area contributed by atoms with Gasteiger partial charge in [-0.3, -0.25) is 4.68 Å². The Morgan fingerprint density at radius 3 is 2.42 bits per heavy atom. The van der Waals surface area contributed by atoms with Crippen molar-refractivity contribution in [3.8, 4) is 11.3 Å². The molecule has 0 aliphatic carbocycles. The minimum atomic E-state index is -0.499. The maximum atomic E-state index is 13.5. The molecule has 6 nitrogen and oxygen atoms in total. The van der Waals surface area contributed by atoms with Crippen molar-refractivity contribution in [2.24, 2.45) is 0 Å². The molecule has 162 valence electrons. The number of benzene rings is 2. The Hall–Kier alpha value is -3.26. The zero-order valence-electron chi connectivity index (χ0n) is 17.4. The van der Waals surface area contributed by atoms with Gasteiger partial charge in [0.25, 0.3) is 0 Å². The Bertz CT molecular complexity index is 1060. The van der Waals surface area contributed by atoms with Crippen LogP contribution in [0.5, 0.6) is 0 Å². The van der Waals surface area contributed by atoms with Gasteiger partial charge in [0, 0.05) is 36.3 Å². The van der Waals surface area contributed by atoms with E-state index in [2.05, 4.69) is 5.32 Å². The Labute approximate surface area is 179 Å². The highest BCUT2D eigenvalue weighted by Crippen LogP contribution is 2.33. The Morgan fingerprint density at radius 2 is 1.77 bits per heavy atom. The Kier molecular flexibility index (Phi) is 5.99. The van der Waals surface area contributed by atoms with E-state index in [0.717, 1.165) is 22.4 Å². The van der Waals surface area contributed by atoms with Crippen molar-refractivity contribution < 1.29 is 18.4 Å². The van der Waals surface area contributed by atoms with Crippen LogP contribution in [-0.4, -0.2) is 34.0 Å². The molecule has 1 aromatic heterocycles. The van der Waals surface area contributed by atoms with Gasteiger partial charge in [-0.2, -0.15) is 5.10 Å². The van der Waals surface area contributed by atoms with E-state index >= 15 is 0 Å². The molecular formula is C23H24F2N4O2. The van der Waals surface area contributed by atoms with E-state index in [1.54, 1.807) is 29.3 Å². The SMILES string of the molecule is CCNC(=O)ON1CCc2c(c(-c3ccc(F)cc3)nn2[C@H](C)c2ccc(F)cc2)C1. The normalized spacial score (nSPS) is 14.7. The third-order valence-electron chi connectivity index (χ3n) is 5.42. The molecule has 4 rings (SSSR count). The number of halogens is 2. The highest BCUT2D eigenvalue weighted by Gasteiger charge is 2.29. The molecule has 31 heavy (non-hydrogen) atoms. The predicted octanol–water partition coefficient (Wildman–Crippen LogP) is 4.46. The maximum Gasteiger partial charge on any atom is 0.426 e. The summed E-state index contributed by atoms with van der Waals surface area (Å²) in [6.07, 6.45) is 0.121. The van der Waals surface area contributed by atoms with Gasteiger partial charge >= 0.3 is 6.09 Å². The van der Waals surface area contributed by atoms with Crippen LogP contribution in [-0.2, 0) is 17.8 Å². The number of fused-ring (bicyclic) bond motifs is 1. The molecule has 0 saturated carbocycles. The van der Waals surface area contributed by atoms with E-state index in [4.69, 9.17) is 9.94 Å². The lowest BCUT2D eigenvalue weighted by atomic mass is 10.0. The standard InChI is InChI=1S/C23H24F2N4O2/c1-3-26-23(30)31-28-13-12-21-20(14-28)22(17-6-10-19(25)11-7-17)27-29(21)15(2)16-4-8-18(24)9-5-16/h4-11,15H,3,12-14H2,1-2H3,(H,26,30)/t15-/m1/s1. The summed E-state index contributed by atoms with van der Waals surface area (Å²) in [5.41, 5.74) is 4.37. The molecule has 1 aliphatic heterocycles. The first-order valence-electron chi connectivity index (χ1n) is 10.3. The van der Waals surface area contributed by atoms with Crippen molar-refractivity contribution in [2.75, 3.05) is 13.1 Å². The average Bonchev–Trinajstić information content (AvgIpc) is 3.13. The van der Waals surface area contributed by atoms with Gasteiger partial charge in [-0.15, -0.1) is 5.06 Å². The summed E-state index contributed by atoms with van der Waals surface area (Å²) in [6.45, 7) is 5.20. The van der Waals surface area contributed by atoms with E-state index in [1.807, 2.05) is 18.5 Å². The van der Waals surface area contributed by atoms with Crippen molar-refractivity contribution >= 4 is 6.09 Å². The van der Waals surface area contributed by atoms with Gasteiger partial charge in [0.1, 0.15) is 11.6 Å². The van der Waals surface area contributed by atoms with Crippen LogP contribution < -0.4 is 5.32 Å². The number of rotatable bonds is 5. The minimum Gasteiger partial charge on any atom is -0.351 e. The summed E-state index contributed by atoms with van der Waals surface area (Å²) >= 11 is 0. The Balaban J connectivity index is 1.72. The topological polar surface area (TPSA) is 59.4 Å². The second-order valence-corrected chi connectivity index (χ2v) is 7.48. The van der Waals surface area contributed by atoms with Gasteiger partial charge in [-0.05, 0) is 55.8 Å². The van der Waals surface area contributed by atoms with Crippen LogP contribution in [0.4, 0.5) is 13.6 Å². The second-order valence-electron chi connectivity index (χ2n) is 7.48. The molecule has 2 heterocycles. The van der Waals surface area contributed by atoms with E-state index in [-0.39, 0.29) is 17.7 Å². The molecule has 0 unspecified atom stereocenters. The molecule has 0 radical (unpaired) electrons. The summed E-state index contributed by atoms with van der Waals surface area (Å²) < 4.78 is 28.8. The molecule has 1 aliphatic rings. The fourth-order valence-electron chi connectivity index (χ4n) is 3.84. The molecule has 0 spiro atoms. The highest BCUT2D eigenvalue weighted by atomic mass is 19.1. The van der Waals surface area contributed by atoms with Crippen molar-refractivity contribution in [3.63, 3.8) is 0 Å². The number of nitrogens with zero attached hydrogens (tertiary/aromatic N) is 3. The highest BCUT2D eigenvalue weighted by molar-refractivity contribution is 5.67. The predicted molar refractivity (Wildman–Crippen MR) is 112 cm³/mol. The van der Waals surface area contributed by atoms with E-state index in [1.165, 1.54) is 24.3 Å². The minimum absolute atomic E-state index is 0.126. The van der Waals surface area contributed by atoms with Crippen LogP contribution in [0.2, 0.25) is 0 Å². The van der Waals surface area contributed by atoms with Gasteiger partial charge in [0.05, 0.1) is 18.3 Å². The van der Waals surface area contributed by atoms with Crippen molar-refractivity contribution in [1.82, 2.24) is 20.2 Å². The Morgan fingerprint density at radius 1 is 1.13 bits per heavy atom. The molecule has 0 saturated heterocycles. The summed E-state index contributed by atoms with van der Waals surface area (Å²) in [5.74, 6) is -0.610.